The Bertz CT molecular complexity index is 440. The van der Waals surface area contributed by atoms with Crippen molar-refractivity contribution >= 4 is 45.8 Å². The molecule has 0 spiro atoms. The van der Waals surface area contributed by atoms with Crippen molar-refractivity contribution < 1.29 is 4.79 Å². The number of hydrogen-bond acceptors (Lipinski definition) is 2. The fourth-order valence-electron chi connectivity index (χ4n) is 1.19. The first-order chi connectivity index (χ1) is 7.79. The quantitative estimate of drug-likeness (QED) is 0.596. The maximum Gasteiger partial charge on any atom is 0.258 e. The summed E-state index contributed by atoms with van der Waals surface area (Å²) < 4.78 is 0.904. The number of hydrogen-bond donors (Lipinski definition) is 2. The second-order valence-electron chi connectivity index (χ2n) is 4.64. The molecule has 0 aromatic heterocycles. The van der Waals surface area contributed by atoms with Crippen molar-refractivity contribution in [2.24, 2.45) is 0 Å². The van der Waals surface area contributed by atoms with Crippen LogP contribution >= 0.6 is 34.8 Å². The number of rotatable bonds is 1. The molecule has 0 bridgehead atoms. The lowest BCUT2D eigenvalue weighted by atomic mass is 10.1. The highest BCUT2D eigenvalue weighted by molar-refractivity contribution is 14.1. The Morgan fingerprint density at radius 2 is 1.88 bits per heavy atom. The molecule has 1 amide bonds. The molecule has 0 aliphatic rings. The monoisotopic (exact) mass is 362 g/mol. The number of carbonyl (C=O) groups excluding carboxylic acids is 1. The highest BCUT2D eigenvalue weighted by Gasteiger charge is 2.14. The van der Waals surface area contributed by atoms with Crippen LogP contribution in [-0.2, 0) is 0 Å². The van der Waals surface area contributed by atoms with Gasteiger partial charge in [-0.05, 0) is 67.7 Å². The van der Waals surface area contributed by atoms with E-state index >= 15 is 0 Å². The molecule has 1 aromatic rings. The lowest BCUT2D eigenvalue weighted by molar-refractivity contribution is 0.0975. The summed E-state index contributed by atoms with van der Waals surface area (Å²) in [6.45, 7) is 5.95. The smallest absolute Gasteiger partial charge is 0.258 e. The molecule has 0 unspecified atom stereocenters. The molecule has 1 rings (SSSR count). The Morgan fingerprint density at radius 1 is 1.29 bits per heavy atom. The Morgan fingerprint density at radius 3 is 2.41 bits per heavy atom. The summed E-state index contributed by atoms with van der Waals surface area (Å²) in [5, 5.41) is 6.06. The van der Waals surface area contributed by atoms with E-state index in [4.69, 9.17) is 12.2 Å². The molecule has 0 aliphatic carbocycles. The van der Waals surface area contributed by atoms with Gasteiger partial charge in [-0.1, -0.05) is 12.1 Å². The lowest BCUT2D eigenvalue weighted by Gasteiger charge is -2.22. The molecule has 0 aliphatic heterocycles. The maximum atomic E-state index is 11.9. The molecule has 0 fully saturated rings. The Hall–Kier alpha value is -0.690. The zero-order valence-electron chi connectivity index (χ0n) is 10.0. The van der Waals surface area contributed by atoms with Gasteiger partial charge in [-0.25, -0.2) is 0 Å². The van der Waals surface area contributed by atoms with Crippen LogP contribution in [0.3, 0.4) is 0 Å². The van der Waals surface area contributed by atoms with Crippen molar-refractivity contribution in [2.45, 2.75) is 26.3 Å². The van der Waals surface area contributed by atoms with E-state index in [2.05, 4.69) is 33.2 Å². The first-order valence-electron chi connectivity index (χ1n) is 5.17. The molecule has 1 aromatic carbocycles. The summed E-state index contributed by atoms with van der Waals surface area (Å²) in [5.41, 5.74) is 0.472. The van der Waals surface area contributed by atoms with E-state index in [9.17, 15) is 4.79 Å². The average Bonchev–Trinajstić information content (AvgIpc) is 2.14. The van der Waals surface area contributed by atoms with Crippen LogP contribution in [-0.4, -0.2) is 16.6 Å². The molecular formula is C12H15IN2OS. The number of amides is 1. The molecule has 0 atom stereocenters. The fraction of sp³-hybridized carbons (Fsp3) is 0.333. The number of benzene rings is 1. The van der Waals surface area contributed by atoms with Crippen LogP contribution in [0.2, 0.25) is 0 Å². The van der Waals surface area contributed by atoms with Crippen LogP contribution in [0.25, 0.3) is 0 Å². The van der Waals surface area contributed by atoms with Crippen LogP contribution in [0.4, 0.5) is 0 Å². The van der Waals surface area contributed by atoms with E-state index < -0.39 is 0 Å². The van der Waals surface area contributed by atoms with Gasteiger partial charge in [0.2, 0.25) is 0 Å². The van der Waals surface area contributed by atoms with Crippen LogP contribution in [0.5, 0.6) is 0 Å². The van der Waals surface area contributed by atoms with Crippen molar-refractivity contribution in [3.05, 3.63) is 33.4 Å². The van der Waals surface area contributed by atoms with E-state index in [-0.39, 0.29) is 11.4 Å². The summed E-state index contributed by atoms with van der Waals surface area (Å²) in [7, 11) is 0. The molecule has 17 heavy (non-hydrogen) atoms. The standard InChI is InChI=1S/C12H15IN2OS/c1-12(2,3)15-11(17)14-10(16)8-6-4-5-7-9(8)13/h4-7H,1-3H3,(H2,14,15,16,17). The molecule has 0 saturated carbocycles. The Kier molecular flexibility index (Phi) is 4.88. The summed E-state index contributed by atoms with van der Waals surface area (Å²) in [5.74, 6) is -0.184. The van der Waals surface area contributed by atoms with Crippen molar-refractivity contribution in [1.82, 2.24) is 10.6 Å². The third kappa shape index (κ3) is 4.99. The van der Waals surface area contributed by atoms with E-state index in [1.54, 1.807) is 6.07 Å². The largest absolute Gasteiger partial charge is 0.358 e. The maximum absolute atomic E-state index is 11.9. The predicted molar refractivity (Wildman–Crippen MR) is 82.1 cm³/mol. The zero-order valence-corrected chi connectivity index (χ0v) is 13.0. The average molecular weight is 362 g/mol. The van der Waals surface area contributed by atoms with Gasteiger partial charge >= 0.3 is 0 Å². The number of halogens is 1. The number of thiocarbonyl (C=S) groups is 1. The molecule has 0 radical (unpaired) electrons. The van der Waals surface area contributed by atoms with Gasteiger partial charge in [0.25, 0.3) is 5.91 Å². The van der Waals surface area contributed by atoms with Crippen LogP contribution in [0.1, 0.15) is 31.1 Å². The molecule has 3 nitrogen and oxygen atoms in total. The van der Waals surface area contributed by atoms with E-state index in [1.165, 1.54) is 0 Å². The molecule has 92 valence electrons. The van der Waals surface area contributed by atoms with Crippen molar-refractivity contribution in [1.29, 1.82) is 0 Å². The Balaban J connectivity index is 2.68. The van der Waals surface area contributed by atoms with Gasteiger partial charge in [0.15, 0.2) is 5.11 Å². The van der Waals surface area contributed by atoms with Crippen molar-refractivity contribution in [3.8, 4) is 0 Å². The second-order valence-corrected chi connectivity index (χ2v) is 6.21. The van der Waals surface area contributed by atoms with Crippen LogP contribution in [0, 0.1) is 3.57 Å². The van der Waals surface area contributed by atoms with Gasteiger partial charge in [-0.15, -0.1) is 0 Å². The van der Waals surface area contributed by atoms with Crippen molar-refractivity contribution in [3.63, 3.8) is 0 Å². The topological polar surface area (TPSA) is 41.1 Å². The van der Waals surface area contributed by atoms with Crippen LogP contribution < -0.4 is 10.6 Å². The van der Waals surface area contributed by atoms with Crippen molar-refractivity contribution in [2.75, 3.05) is 0 Å². The predicted octanol–water partition coefficient (Wildman–Crippen LogP) is 2.69. The van der Waals surface area contributed by atoms with Gasteiger partial charge < -0.3 is 5.32 Å². The van der Waals surface area contributed by atoms with Gasteiger partial charge in [0.1, 0.15) is 0 Å². The minimum absolute atomic E-state index is 0.159. The van der Waals surface area contributed by atoms with Gasteiger partial charge in [-0.2, -0.15) is 0 Å². The minimum Gasteiger partial charge on any atom is -0.358 e. The number of carbonyl (C=O) groups is 1. The first-order valence-corrected chi connectivity index (χ1v) is 6.66. The Labute approximate surface area is 121 Å². The third-order valence-electron chi connectivity index (χ3n) is 1.83. The van der Waals surface area contributed by atoms with Gasteiger partial charge in [0.05, 0.1) is 5.56 Å². The van der Waals surface area contributed by atoms with Crippen LogP contribution in [0.15, 0.2) is 24.3 Å². The van der Waals surface area contributed by atoms with Gasteiger partial charge in [-0.3, -0.25) is 10.1 Å². The van der Waals surface area contributed by atoms with Gasteiger partial charge in [0, 0.05) is 9.11 Å². The summed E-state index contributed by atoms with van der Waals surface area (Å²) in [6.07, 6.45) is 0. The van der Waals surface area contributed by atoms with E-state index in [0.29, 0.717) is 10.7 Å². The summed E-state index contributed by atoms with van der Waals surface area (Å²) >= 11 is 7.20. The zero-order chi connectivity index (χ0) is 13.1. The highest BCUT2D eigenvalue weighted by atomic mass is 127. The summed E-state index contributed by atoms with van der Waals surface area (Å²) in [4.78, 5) is 11.9. The molecule has 0 saturated heterocycles. The molecule has 2 N–H and O–H groups in total. The number of nitrogens with one attached hydrogen (secondary N) is 2. The second kappa shape index (κ2) is 5.77. The summed E-state index contributed by atoms with van der Waals surface area (Å²) in [6, 6.07) is 7.38. The fourth-order valence-corrected chi connectivity index (χ4v) is 2.22. The van der Waals surface area contributed by atoms with E-state index in [1.807, 2.05) is 39.0 Å². The SMILES string of the molecule is CC(C)(C)NC(=S)NC(=O)c1ccccc1I. The highest BCUT2D eigenvalue weighted by Crippen LogP contribution is 2.11. The first kappa shape index (κ1) is 14.4. The normalized spacial score (nSPS) is 10.8. The molecular weight excluding hydrogens is 347 g/mol. The lowest BCUT2D eigenvalue weighted by Crippen LogP contribution is -2.48. The minimum atomic E-state index is -0.184. The molecule has 0 heterocycles. The third-order valence-corrected chi connectivity index (χ3v) is 2.98. The molecule has 5 heteroatoms. The van der Waals surface area contributed by atoms with E-state index in [0.717, 1.165) is 3.57 Å².